The standard InChI is InChI=1S/C11H15N3O3/c1-17-7-6-13-11(16)14-9-5-3-2-4-8(9)10(12)15/h2-5H,6-7H2,1H3,(H2,12,15)(H2,13,14,16). The SMILES string of the molecule is COCCNC(=O)Nc1ccccc1C(N)=O. The zero-order chi connectivity index (χ0) is 12.7. The summed E-state index contributed by atoms with van der Waals surface area (Å²) in [5, 5.41) is 5.12. The molecule has 1 aromatic rings. The zero-order valence-corrected chi connectivity index (χ0v) is 9.53. The molecule has 0 aliphatic carbocycles. The molecular weight excluding hydrogens is 222 g/mol. The van der Waals surface area contributed by atoms with Gasteiger partial charge in [-0.05, 0) is 12.1 Å². The predicted octanol–water partition coefficient (Wildman–Crippen LogP) is 0.553. The number of primary amides is 1. The summed E-state index contributed by atoms with van der Waals surface area (Å²) in [7, 11) is 1.54. The summed E-state index contributed by atoms with van der Waals surface area (Å²) >= 11 is 0. The van der Waals surface area contributed by atoms with Crippen LogP contribution in [0.4, 0.5) is 10.5 Å². The van der Waals surface area contributed by atoms with Gasteiger partial charge < -0.3 is 21.1 Å². The molecule has 3 amide bonds. The number of para-hydroxylation sites is 1. The molecule has 0 aliphatic heterocycles. The van der Waals surface area contributed by atoms with E-state index in [2.05, 4.69) is 10.6 Å². The van der Waals surface area contributed by atoms with Gasteiger partial charge in [-0.25, -0.2) is 4.79 Å². The molecule has 4 N–H and O–H groups in total. The predicted molar refractivity (Wildman–Crippen MR) is 63.9 cm³/mol. The molecule has 1 rings (SSSR count). The summed E-state index contributed by atoms with van der Waals surface area (Å²) in [5.41, 5.74) is 5.84. The summed E-state index contributed by atoms with van der Waals surface area (Å²) in [6.07, 6.45) is 0. The van der Waals surface area contributed by atoms with Crippen LogP contribution in [0.1, 0.15) is 10.4 Å². The van der Waals surface area contributed by atoms with Crippen molar-refractivity contribution in [1.82, 2.24) is 5.32 Å². The largest absolute Gasteiger partial charge is 0.383 e. The van der Waals surface area contributed by atoms with E-state index in [0.29, 0.717) is 18.8 Å². The molecule has 1 aromatic carbocycles. The van der Waals surface area contributed by atoms with Crippen LogP contribution in [0.2, 0.25) is 0 Å². The second-order valence-corrected chi connectivity index (χ2v) is 3.28. The molecule has 0 spiro atoms. The normalized spacial score (nSPS) is 9.71. The Morgan fingerprint density at radius 3 is 2.71 bits per heavy atom. The number of benzene rings is 1. The molecule has 0 unspecified atom stereocenters. The van der Waals surface area contributed by atoms with E-state index in [1.165, 1.54) is 0 Å². The van der Waals surface area contributed by atoms with Gasteiger partial charge in [-0.1, -0.05) is 12.1 Å². The Bertz CT molecular complexity index is 407. The third kappa shape index (κ3) is 4.12. The summed E-state index contributed by atoms with van der Waals surface area (Å²) in [5.74, 6) is -0.585. The maximum absolute atomic E-state index is 11.4. The highest BCUT2D eigenvalue weighted by Gasteiger charge is 2.09. The zero-order valence-electron chi connectivity index (χ0n) is 9.53. The molecular formula is C11H15N3O3. The number of carbonyl (C=O) groups is 2. The van der Waals surface area contributed by atoms with Crippen molar-refractivity contribution in [3.63, 3.8) is 0 Å². The van der Waals surface area contributed by atoms with Gasteiger partial charge in [-0.3, -0.25) is 4.79 Å². The van der Waals surface area contributed by atoms with Crippen LogP contribution in [0.5, 0.6) is 0 Å². The Morgan fingerprint density at radius 2 is 2.06 bits per heavy atom. The lowest BCUT2D eigenvalue weighted by atomic mass is 10.1. The van der Waals surface area contributed by atoms with Crippen molar-refractivity contribution in [1.29, 1.82) is 0 Å². The second kappa shape index (κ2) is 6.49. The van der Waals surface area contributed by atoms with Gasteiger partial charge in [0.15, 0.2) is 0 Å². The number of urea groups is 1. The lowest BCUT2D eigenvalue weighted by Gasteiger charge is -2.09. The monoisotopic (exact) mass is 237 g/mol. The number of nitrogens with one attached hydrogen (secondary N) is 2. The van der Waals surface area contributed by atoms with Gasteiger partial charge in [0.25, 0.3) is 5.91 Å². The average Bonchev–Trinajstić information content (AvgIpc) is 2.29. The maximum Gasteiger partial charge on any atom is 0.319 e. The minimum absolute atomic E-state index is 0.273. The van der Waals surface area contributed by atoms with Crippen LogP contribution in [0.15, 0.2) is 24.3 Å². The Balaban J connectivity index is 2.61. The topological polar surface area (TPSA) is 93.4 Å². The molecule has 0 aliphatic rings. The average molecular weight is 237 g/mol. The molecule has 0 bridgehead atoms. The third-order valence-corrected chi connectivity index (χ3v) is 2.03. The lowest BCUT2D eigenvalue weighted by Crippen LogP contribution is -2.32. The third-order valence-electron chi connectivity index (χ3n) is 2.03. The number of rotatable bonds is 5. The van der Waals surface area contributed by atoms with E-state index in [1.54, 1.807) is 31.4 Å². The van der Waals surface area contributed by atoms with Gasteiger partial charge in [0.1, 0.15) is 0 Å². The van der Waals surface area contributed by atoms with Crippen molar-refractivity contribution in [2.75, 3.05) is 25.6 Å². The number of amides is 3. The van der Waals surface area contributed by atoms with Crippen LogP contribution in [-0.2, 0) is 4.74 Å². The van der Waals surface area contributed by atoms with E-state index >= 15 is 0 Å². The first-order chi connectivity index (χ1) is 8.15. The molecule has 0 radical (unpaired) electrons. The van der Waals surface area contributed by atoms with Crippen LogP contribution in [-0.4, -0.2) is 32.2 Å². The van der Waals surface area contributed by atoms with E-state index in [1.807, 2.05) is 0 Å². The van der Waals surface area contributed by atoms with E-state index in [0.717, 1.165) is 0 Å². The molecule has 6 heteroatoms. The van der Waals surface area contributed by atoms with Crippen molar-refractivity contribution < 1.29 is 14.3 Å². The Hall–Kier alpha value is -2.08. The Morgan fingerprint density at radius 1 is 1.35 bits per heavy atom. The fourth-order valence-electron chi connectivity index (χ4n) is 1.24. The van der Waals surface area contributed by atoms with Crippen LogP contribution in [0.3, 0.4) is 0 Å². The van der Waals surface area contributed by atoms with Crippen molar-refractivity contribution in [2.24, 2.45) is 5.73 Å². The quantitative estimate of drug-likeness (QED) is 0.653. The minimum atomic E-state index is -0.585. The molecule has 0 saturated carbocycles. The molecule has 17 heavy (non-hydrogen) atoms. The fourth-order valence-corrected chi connectivity index (χ4v) is 1.24. The summed E-state index contributed by atoms with van der Waals surface area (Å²) < 4.78 is 4.79. The van der Waals surface area contributed by atoms with Gasteiger partial charge >= 0.3 is 6.03 Å². The molecule has 6 nitrogen and oxygen atoms in total. The summed E-state index contributed by atoms with van der Waals surface area (Å²) in [6.45, 7) is 0.811. The first-order valence-corrected chi connectivity index (χ1v) is 5.07. The van der Waals surface area contributed by atoms with Gasteiger partial charge in [-0.2, -0.15) is 0 Å². The van der Waals surface area contributed by atoms with Gasteiger partial charge in [0, 0.05) is 13.7 Å². The van der Waals surface area contributed by atoms with Crippen LogP contribution < -0.4 is 16.4 Å². The number of ether oxygens (including phenoxy) is 1. The van der Waals surface area contributed by atoms with E-state index in [9.17, 15) is 9.59 Å². The first kappa shape index (κ1) is 13.0. The van der Waals surface area contributed by atoms with Gasteiger partial charge in [0.2, 0.25) is 0 Å². The Labute approximate surface area is 99.1 Å². The first-order valence-electron chi connectivity index (χ1n) is 5.07. The molecule has 0 saturated heterocycles. The summed E-state index contributed by atoms with van der Waals surface area (Å²) in [6, 6.07) is 6.13. The van der Waals surface area contributed by atoms with Gasteiger partial charge in [0.05, 0.1) is 17.9 Å². The van der Waals surface area contributed by atoms with Crippen LogP contribution >= 0.6 is 0 Å². The van der Waals surface area contributed by atoms with E-state index in [4.69, 9.17) is 10.5 Å². The number of carbonyl (C=O) groups excluding carboxylic acids is 2. The number of methoxy groups -OCH3 is 1. The molecule has 0 aromatic heterocycles. The fraction of sp³-hybridized carbons (Fsp3) is 0.273. The van der Waals surface area contributed by atoms with Crippen molar-refractivity contribution in [3.8, 4) is 0 Å². The van der Waals surface area contributed by atoms with Crippen molar-refractivity contribution in [2.45, 2.75) is 0 Å². The number of hydrogen-bond acceptors (Lipinski definition) is 3. The molecule has 0 atom stereocenters. The second-order valence-electron chi connectivity index (χ2n) is 3.28. The Kier molecular flexibility index (Phi) is 4.96. The maximum atomic E-state index is 11.4. The van der Waals surface area contributed by atoms with E-state index < -0.39 is 11.9 Å². The molecule has 0 fully saturated rings. The smallest absolute Gasteiger partial charge is 0.319 e. The highest BCUT2D eigenvalue weighted by molar-refractivity contribution is 6.02. The molecule has 92 valence electrons. The minimum Gasteiger partial charge on any atom is -0.383 e. The van der Waals surface area contributed by atoms with Crippen LogP contribution in [0, 0.1) is 0 Å². The highest BCUT2D eigenvalue weighted by atomic mass is 16.5. The number of nitrogens with two attached hydrogens (primary N) is 1. The molecule has 0 heterocycles. The number of hydrogen-bond donors (Lipinski definition) is 3. The lowest BCUT2D eigenvalue weighted by molar-refractivity contribution is 0.100. The van der Waals surface area contributed by atoms with Gasteiger partial charge in [-0.15, -0.1) is 0 Å². The van der Waals surface area contributed by atoms with Crippen molar-refractivity contribution >= 4 is 17.6 Å². The number of anilines is 1. The summed E-state index contributed by atoms with van der Waals surface area (Å²) in [4.78, 5) is 22.5. The highest BCUT2D eigenvalue weighted by Crippen LogP contribution is 2.13. The van der Waals surface area contributed by atoms with Crippen molar-refractivity contribution in [3.05, 3.63) is 29.8 Å². The van der Waals surface area contributed by atoms with Crippen LogP contribution in [0.25, 0.3) is 0 Å². The van der Waals surface area contributed by atoms with E-state index in [-0.39, 0.29) is 5.56 Å².